The first-order valence-corrected chi connectivity index (χ1v) is 9.27. The van der Waals surface area contributed by atoms with Crippen molar-refractivity contribution < 1.29 is 9.90 Å². The van der Waals surface area contributed by atoms with Gasteiger partial charge in [0.15, 0.2) is 0 Å². The Labute approximate surface area is 160 Å². The fourth-order valence-electron chi connectivity index (χ4n) is 4.12. The van der Waals surface area contributed by atoms with Gasteiger partial charge in [0.25, 0.3) is 0 Å². The molecule has 1 heterocycles. The summed E-state index contributed by atoms with van der Waals surface area (Å²) in [6.45, 7) is 4.02. The zero-order valence-electron chi connectivity index (χ0n) is 16.4. The molecular weight excluding hydrogens is 340 g/mol. The van der Waals surface area contributed by atoms with Gasteiger partial charge in [0, 0.05) is 24.4 Å². The number of primary amides is 1. The molecule has 1 fully saturated rings. The highest BCUT2D eigenvalue weighted by atomic mass is 16.3. The lowest BCUT2D eigenvalue weighted by Gasteiger charge is -2.29. The smallest absolute Gasteiger partial charge is 0.224 e. The first-order chi connectivity index (χ1) is 12.7. The van der Waals surface area contributed by atoms with Gasteiger partial charge in [-0.1, -0.05) is 0 Å². The fraction of sp³-hybridized carbons (Fsp3) is 0.476. The Morgan fingerprint density at radius 2 is 1.89 bits per heavy atom. The number of hydrogen-bond donors (Lipinski definition) is 2. The summed E-state index contributed by atoms with van der Waals surface area (Å²) in [6.07, 6.45) is 5.57. The Morgan fingerprint density at radius 1 is 1.30 bits per heavy atom. The van der Waals surface area contributed by atoms with Crippen LogP contribution in [0.25, 0.3) is 0 Å². The quantitative estimate of drug-likeness (QED) is 0.782. The highest BCUT2D eigenvalue weighted by Gasteiger charge is 2.61. The average Bonchev–Trinajstić information content (AvgIpc) is 3.33. The van der Waals surface area contributed by atoms with Crippen molar-refractivity contribution in [2.45, 2.75) is 45.1 Å². The zero-order valence-corrected chi connectivity index (χ0v) is 16.4. The van der Waals surface area contributed by atoms with Crippen molar-refractivity contribution in [1.29, 1.82) is 0 Å². The third-order valence-corrected chi connectivity index (χ3v) is 5.91. The van der Waals surface area contributed by atoms with Crippen molar-refractivity contribution in [2.75, 3.05) is 14.1 Å². The molecule has 0 spiro atoms. The van der Waals surface area contributed by atoms with Crippen LogP contribution in [0.1, 0.15) is 41.3 Å². The fourth-order valence-corrected chi connectivity index (χ4v) is 4.12. The molecule has 27 heavy (non-hydrogen) atoms. The molecule has 0 bridgehead atoms. The van der Waals surface area contributed by atoms with Crippen LogP contribution in [0.2, 0.25) is 0 Å². The minimum atomic E-state index is -0.588. The van der Waals surface area contributed by atoms with Gasteiger partial charge in [-0.3, -0.25) is 4.79 Å². The number of amides is 1. The molecule has 2 aromatic rings. The maximum absolute atomic E-state index is 12.4. The lowest BCUT2D eigenvalue weighted by atomic mass is 9.87. The van der Waals surface area contributed by atoms with Crippen LogP contribution in [0.5, 0.6) is 5.75 Å². The molecule has 1 aromatic heterocycles. The van der Waals surface area contributed by atoms with E-state index >= 15 is 0 Å². The minimum Gasteiger partial charge on any atom is -0.508 e. The second-order valence-corrected chi connectivity index (χ2v) is 7.97. The normalized spacial score (nSPS) is 22.6. The van der Waals surface area contributed by atoms with E-state index in [1.165, 1.54) is 5.56 Å². The molecule has 1 saturated carbocycles. The molecule has 6 heteroatoms. The van der Waals surface area contributed by atoms with Crippen molar-refractivity contribution in [3.63, 3.8) is 0 Å². The van der Waals surface area contributed by atoms with Crippen molar-refractivity contribution in [2.24, 2.45) is 11.1 Å². The van der Waals surface area contributed by atoms with Gasteiger partial charge in [0.05, 0.1) is 5.41 Å². The van der Waals surface area contributed by atoms with Gasteiger partial charge < -0.3 is 15.7 Å². The zero-order chi connectivity index (χ0) is 19.8. The summed E-state index contributed by atoms with van der Waals surface area (Å²) in [5.74, 6) is 0.699. The second kappa shape index (κ2) is 7.27. The summed E-state index contributed by atoms with van der Waals surface area (Å²) in [7, 11) is 4.06. The number of aromatic hydroxyl groups is 1. The number of rotatable bonds is 7. The number of benzene rings is 1. The molecule has 1 aliphatic carbocycles. The van der Waals surface area contributed by atoms with Crippen molar-refractivity contribution in [3.8, 4) is 5.75 Å². The van der Waals surface area contributed by atoms with Crippen LogP contribution in [0, 0.1) is 19.3 Å². The number of phenolic OH excluding ortho intramolecular Hbond substituents is 1. The molecule has 2 unspecified atom stereocenters. The van der Waals surface area contributed by atoms with Gasteiger partial charge in [0.1, 0.15) is 11.6 Å². The van der Waals surface area contributed by atoms with E-state index in [-0.39, 0.29) is 23.6 Å². The van der Waals surface area contributed by atoms with Crippen molar-refractivity contribution in [1.82, 2.24) is 14.9 Å². The number of hydrogen-bond acceptors (Lipinski definition) is 5. The number of nitrogens with two attached hydrogens (primary N) is 1. The van der Waals surface area contributed by atoms with Crippen LogP contribution < -0.4 is 5.73 Å². The predicted molar refractivity (Wildman–Crippen MR) is 104 cm³/mol. The average molecular weight is 368 g/mol. The number of aryl methyl sites for hydroxylation is 2. The van der Waals surface area contributed by atoms with Gasteiger partial charge >= 0.3 is 0 Å². The molecular formula is C21H28N4O2. The third-order valence-electron chi connectivity index (χ3n) is 5.91. The first-order valence-electron chi connectivity index (χ1n) is 9.27. The number of likely N-dealkylation sites (N-methyl/N-ethyl adjacent to an activating group) is 1. The molecule has 3 rings (SSSR count). The molecule has 144 valence electrons. The number of aromatic nitrogens is 2. The Morgan fingerprint density at radius 3 is 2.41 bits per heavy atom. The van der Waals surface area contributed by atoms with Gasteiger partial charge in [-0.2, -0.15) is 0 Å². The standard InChI is InChI=1S/C21H28N4O2/c1-13-8-16(26)9-14(2)17(13)10-15(25(3)4)11-21(20(22)27)12-18(21)19-23-6-5-7-24-19/h5-9,15,18,26H,10-12H2,1-4H3,(H2,22,27)/t15-,18?,21?/m0/s1. The highest BCUT2D eigenvalue weighted by Crippen LogP contribution is 2.61. The van der Waals surface area contributed by atoms with E-state index in [1.807, 2.05) is 27.9 Å². The Balaban J connectivity index is 1.85. The van der Waals surface area contributed by atoms with Crippen LogP contribution in [0.15, 0.2) is 30.6 Å². The molecule has 0 aliphatic heterocycles. The molecule has 0 radical (unpaired) electrons. The van der Waals surface area contributed by atoms with Gasteiger partial charge in [-0.25, -0.2) is 9.97 Å². The van der Waals surface area contributed by atoms with Crippen molar-refractivity contribution in [3.05, 3.63) is 53.1 Å². The van der Waals surface area contributed by atoms with Crippen LogP contribution in [-0.4, -0.2) is 46.0 Å². The Bertz CT molecular complexity index is 814. The minimum absolute atomic E-state index is 0.0133. The van der Waals surface area contributed by atoms with Crippen LogP contribution in [0.4, 0.5) is 0 Å². The highest BCUT2D eigenvalue weighted by molar-refractivity contribution is 5.85. The molecule has 0 saturated heterocycles. The van der Waals surface area contributed by atoms with E-state index in [2.05, 4.69) is 14.9 Å². The lowest BCUT2D eigenvalue weighted by Crippen LogP contribution is -2.38. The summed E-state index contributed by atoms with van der Waals surface area (Å²) < 4.78 is 0. The van der Waals surface area contributed by atoms with E-state index < -0.39 is 5.41 Å². The van der Waals surface area contributed by atoms with E-state index in [0.717, 1.165) is 17.5 Å². The van der Waals surface area contributed by atoms with Crippen LogP contribution in [0.3, 0.4) is 0 Å². The first kappa shape index (κ1) is 19.3. The SMILES string of the molecule is Cc1cc(O)cc(C)c1C[C@@H](CC1(C(N)=O)CC1c1ncccn1)N(C)C. The summed E-state index contributed by atoms with van der Waals surface area (Å²) in [4.78, 5) is 23.2. The van der Waals surface area contributed by atoms with Crippen LogP contribution in [-0.2, 0) is 11.2 Å². The van der Waals surface area contributed by atoms with Gasteiger partial charge in [-0.15, -0.1) is 0 Å². The number of nitrogens with zero attached hydrogens (tertiary/aromatic N) is 3. The van der Waals surface area contributed by atoms with Gasteiger partial charge in [-0.05, 0) is 82.1 Å². The summed E-state index contributed by atoms with van der Waals surface area (Å²) >= 11 is 0. The maximum atomic E-state index is 12.4. The molecule has 1 aromatic carbocycles. The monoisotopic (exact) mass is 368 g/mol. The Kier molecular flexibility index (Phi) is 5.20. The van der Waals surface area contributed by atoms with E-state index in [1.54, 1.807) is 30.6 Å². The molecule has 3 N–H and O–H groups in total. The second-order valence-electron chi connectivity index (χ2n) is 7.97. The summed E-state index contributed by atoms with van der Waals surface area (Å²) in [5, 5.41) is 9.81. The maximum Gasteiger partial charge on any atom is 0.224 e. The number of carbonyl (C=O) groups excluding carboxylic acids is 1. The number of phenols is 1. The van der Waals surface area contributed by atoms with E-state index in [9.17, 15) is 9.90 Å². The summed E-state index contributed by atoms with van der Waals surface area (Å²) in [5.41, 5.74) is 8.58. The summed E-state index contributed by atoms with van der Waals surface area (Å²) in [6, 6.07) is 5.50. The lowest BCUT2D eigenvalue weighted by molar-refractivity contribution is -0.124. The number of carbonyl (C=O) groups is 1. The molecule has 6 nitrogen and oxygen atoms in total. The third kappa shape index (κ3) is 3.81. The van der Waals surface area contributed by atoms with E-state index in [0.29, 0.717) is 18.7 Å². The largest absolute Gasteiger partial charge is 0.508 e. The predicted octanol–water partition coefficient (Wildman–Crippen LogP) is 2.32. The topological polar surface area (TPSA) is 92.3 Å². The van der Waals surface area contributed by atoms with Gasteiger partial charge in [0.2, 0.25) is 5.91 Å². The Hall–Kier alpha value is -2.47. The van der Waals surface area contributed by atoms with Crippen LogP contribution >= 0.6 is 0 Å². The van der Waals surface area contributed by atoms with Crippen molar-refractivity contribution >= 4 is 5.91 Å². The molecule has 3 atom stereocenters. The molecule has 1 aliphatic rings. The van der Waals surface area contributed by atoms with E-state index in [4.69, 9.17) is 5.73 Å². The molecule has 1 amide bonds.